The van der Waals surface area contributed by atoms with E-state index < -0.39 is 0 Å². The minimum atomic E-state index is 0.0534. The molecule has 1 aromatic carbocycles. The van der Waals surface area contributed by atoms with E-state index in [0.29, 0.717) is 19.6 Å². The van der Waals surface area contributed by atoms with E-state index in [4.69, 9.17) is 4.42 Å². The molecule has 0 N–H and O–H groups in total. The predicted molar refractivity (Wildman–Crippen MR) is 92.9 cm³/mol. The van der Waals surface area contributed by atoms with Crippen LogP contribution in [-0.2, 0) is 9.59 Å². The minimum absolute atomic E-state index is 0.0534. The van der Waals surface area contributed by atoms with Gasteiger partial charge in [-0.2, -0.15) is 0 Å². The molecule has 2 saturated heterocycles. The van der Waals surface area contributed by atoms with Crippen molar-refractivity contribution < 1.29 is 14.0 Å². The summed E-state index contributed by atoms with van der Waals surface area (Å²) in [5.74, 6) is 1.24. The van der Waals surface area contributed by atoms with Crippen molar-refractivity contribution in [2.45, 2.75) is 32.1 Å². The first-order chi connectivity index (χ1) is 12.1. The zero-order valence-corrected chi connectivity index (χ0v) is 14.5. The number of likely N-dealkylation sites (tertiary alicyclic amines) is 2. The average molecular weight is 341 g/mol. The molecule has 0 bridgehead atoms. The Morgan fingerprint density at radius 1 is 1.20 bits per heavy atom. The molecule has 2 aromatic rings. The van der Waals surface area contributed by atoms with E-state index in [1.165, 1.54) is 0 Å². The highest BCUT2D eigenvalue weighted by Gasteiger charge is 2.32. The molecule has 0 unspecified atom stereocenters. The van der Waals surface area contributed by atoms with Crippen LogP contribution < -0.4 is 0 Å². The summed E-state index contributed by atoms with van der Waals surface area (Å²) < 4.78 is 5.87. The number of nitrogens with zero attached hydrogens (tertiary/aromatic N) is 3. The Kier molecular flexibility index (Phi) is 4.19. The maximum Gasteiger partial charge on any atom is 0.242 e. The first kappa shape index (κ1) is 16.1. The van der Waals surface area contributed by atoms with Gasteiger partial charge in [-0.15, -0.1) is 0 Å². The normalized spacial score (nSPS) is 22.1. The van der Waals surface area contributed by atoms with Crippen LogP contribution >= 0.6 is 0 Å². The molecule has 0 spiro atoms. The predicted octanol–water partition coefficient (Wildman–Crippen LogP) is 2.40. The summed E-state index contributed by atoms with van der Waals surface area (Å²) in [5.41, 5.74) is 1.70. The van der Waals surface area contributed by atoms with Crippen molar-refractivity contribution in [3.8, 4) is 0 Å². The number of hydrogen-bond donors (Lipinski definition) is 0. The molecule has 2 fully saturated rings. The maximum absolute atomic E-state index is 12.5. The third kappa shape index (κ3) is 3.13. The van der Waals surface area contributed by atoms with Crippen LogP contribution in [-0.4, -0.2) is 52.8 Å². The number of fused-ring (bicyclic) bond motifs is 1. The highest BCUT2D eigenvalue weighted by atomic mass is 16.3. The van der Waals surface area contributed by atoms with Crippen molar-refractivity contribution in [2.75, 3.05) is 26.2 Å². The lowest BCUT2D eigenvalue weighted by atomic mass is 9.97. The standard InChI is InChI=1S/C19H23N3O3/c1-13-6-9-22(19(13)24)12-17(23)21-10-7-14(8-11-21)18-20-15-4-2-3-5-16(15)25-18/h2-5,13-14H,6-12H2,1H3/t13-/m1/s1. The van der Waals surface area contributed by atoms with Crippen LogP contribution in [0.15, 0.2) is 28.7 Å². The van der Waals surface area contributed by atoms with E-state index in [9.17, 15) is 9.59 Å². The molecular formula is C19H23N3O3. The van der Waals surface area contributed by atoms with Gasteiger partial charge in [0.2, 0.25) is 11.8 Å². The summed E-state index contributed by atoms with van der Waals surface area (Å²) in [7, 11) is 0. The molecule has 6 nitrogen and oxygen atoms in total. The third-order valence-electron chi connectivity index (χ3n) is 5.40. The number of oxazole rings is 1. The van der Waals surface area contributed by atoms with Gasteiger partial charge in [-0.25, -0.2) is 4.98 Å². The summed E-state index contributed by atoms with van der Waals surface area (Å²) in [4.78, 5) is 32.6. The number of carbonyl (C=O) groups is 2. The van der Waals surface area contributed by atoms with Crippen LogP contribution in [0.5, 0.6) is 0 Å². The van der Waals surface area contributed by atoms with Crippen molar-refractivity contribution in [3.63, 3.8) is 0 Å². The minimum Gasteiger partial charge on any atom is -0.440 e. The van der Waals surface area contributed by atoms with Gasteiger partial charge in [-0.05, 0) is 31.4 Å². The lowest BCUT2D eigenvalue weighted by Crippen LogP contribution is -2.44. The summed E-state index contributed by atoms with van der Waals surface area (Å²) in [6.45, 7) is 4.24. The molecule has 4 rings (SSSR count). The molecule has 1 atom stereocenters. The molecule has 25 heavy (non-hydrogen) atoms. The van der Waals surface area contributed by atoms with E-state index in [0.717, 1.165) is 36.3 Å². The van der Waals surface area contributed by atoms with Crippen molar-refractivity contribution in [1.82, 2.24) is 14.8 Å². The third-order valence-corrected chi connectivity index (χ3v) is 5.40. The van der Waals surface area contributed by atoms with Crippen LogP contribution in [0, 0.1) is 5.92 Å². The molecule has 2 aliphatic heterocycles. The summed E-state index contributed by atoms with van der Waals surface area (Å²) in [5, 5.41) is 0. The highest BCUT2D eigenvalue weighted by Crippen LogP contribution is 2.30. The fourth-order valence-corrected chi connectivity index (χ4v) is 3.76. The number of para-hydroxylation sites is 2. The molecule has 0 saturated carbocycles. The van der Waals surface area contributed by atoms with Crippen molar-refractivity contribution in [2.24, 2.45) is 5.92 Å². The highest BCUT2D eigenvalue weighted by molar-refractivity contribution is 5.87. The molecule has 132 valence electrons. The van der Waals surface area contributed by atoms with Gasteiger partial charge in [0, 0.05) is 31.5 Å². The molecular weight excluding hydrogens is 318 g/mol. The Hall–Kier alpha value is -2.37. The first-order valence-corrected chi connectivity index (χ1v) is 9.04. The van der Waals surface area contributed by atoms with Crippen LogP contribution in [0.25, 0.3) is 11.1 Å². The van der Waals surface area contributed by atoms with E-state index >= 15 is 0 Å². The Morgan fingerprint density at radius 2 is 1.96 bits per heavy atom. The van der Waals surface area contributed by atoms with Crippen molar-refractivity contribution >= 4 is 22.9 Å². The number of benzene rings is 1. The number of hydrogen-bond acceptors (Lipinski definition) is 4. The van der Waals surface area contributed by atoms with Crippen LogP contribution in [0.4, 0.5) is 0 Å². The lowest BCUT2D eigenvalue weighted by Gasteiger charge is -2.31. The Morgan fingerprint density at radius 3 is 2.64 bits per heavy atom. The SMILES string of the molecule is C[C@@H]1CCN(CC(=O)N2CCC(c3nc4ccccc4o3)CC2)C1=O. The molecule has 0 radical (unpaired) electrons. The van der Waals surface area contributed by atoms with E-state index in [1.807, 2.05) is 36.1 Å². The molecule has 2 amide bonds. The van der Waals surface area contributed by atoms with Gasteiger partial charge in [-0.3, -0.25) is 9.59 Å². The first-order valence-electron chi connectivity index (χ1n) is 9.04. The molecule has 1 aromatic heterocycles. The zero-order chi connectivity index (χ0) is 17.4. The average Bonchev–Trinajstić information content (AvgIpc) is 3.20. The largest absolute Gasteiger partial charge is 0.440 e. The molecule has 0 aliphatic carbocycles. The number of rotatable bonds is 3. The van der Waals surface area contributed by atoms with Crippen molar-refractivity contribution in [1.29, 1.82) is 0 Å². The lowest BCUT2D eigenvalue weighted by molar-refractivity contribution is -0.140. The number of piperidine rings is 1. The molecule has 2 aliphatic rings. The van der Waals surface area contributed by atoms with Gasteiger partial charge in [0.05, 0.1) is 6.54 Å². The Balaban J connectivity index is 1.34. The monoisotopic (exact) mass is 341 g/mol. The number of carbonyl (C=O) groups excluding carboxylic acids is 2. The van der Waals surface area contributed by atoms with Gasteiger partial charge in [0.1, 0.15) is 5.52 Å². The second-order valence-electron chi connectivity index (χ2n) is 7.12. The topological polar surface area (TPSA) is 66.7 Å². The second kappa shape index (κ2) is 6.50. The van der Waals surface area contributed by atoms with Crippen LogP contribution in [0.2, 0.25) is 0 Å². The van der Waals surface area contributed by atoms with Gasteiger partial charge >= 0.3 is 0 Å². The smallest absolute Gasteiger partial charge is 0.242 e. The summed E-state index contributed by atoms with van der Waals surface area (Å²) in [6.07, 6.45) is 2.55. The summed E-state index contributed by atoms with van der Waals surface area (Å²) >= 11 is 0. The summed E-state index contributed by atoms with van der Waals surface area (Å²) in [6, 6.07) is 7.78. The van der Waals surface area contributed by atoms with E-state index in [2.05, 4.69) is 4.98 Å². The van der Waals surface area contributed by atoms with E-state index in [1.54, 1.807) is 4.90 Å². The van der Waals surface area contributed by atoms with Gasteiger partial charge in [-0.1, -0.05) is 19.1 Å². The van der Waals surface area contributed by atoms with Crippen LogP contribution in [0.3, 0.4) is 0 Å². The van der Waals surface area contributed by atoms with Crippen LogP contribution in [0.1, 0.15) is 38.0 Å². The van der Waals surface area contributed by atoms with Gasteiger partial charge < -0.3 is 14.2 Å². The van der Waals surface area contributed by atoms with Gasteiger partial charge in [0.15, 0.2) is 11.5 Å². The maximum atomic E-state index is 12.5. The zero-order valence-electron chi connectivity index (χ0n) is 14.5. The Bertz CT molecular complexity index is 759. The quantitative estimate of drug-likeness (QED) is 0.860. The van der Waals surface area contributed by atoms with Gasteiger partial charge in [0.25, 0.3) is 0 Å². The fourth-order valence-electron chi connectivity index (χ4n) is 3.76. The molecule has 6 heteroatoms. The Labute approximate surface area is 146 Å². The molecule has 3 heterocycles. The number of aromatic nitrogens is 1. The van der Waals surface area contributed by atoms with E-state index in [-0.39, 0.29) is 30.2 Å². The fraction of sp³-hybridized carbons (Fsp3) is 0.526. The second-order valence-corrected chi connectivity index (χ2v) is 7.12. The number of amides is 2. The van der Waals surface area contributed by atoms with Crippen molar-refractivity contribution in [3.05, 3.63) is 30.2 Å².